The standard InChI is InChI=1S/C13H16O4/c1-9(14)11-6-5-10(8-12(11)15)17-13-4-2-3-7-16-13/h5-6,8,13,15H,2-4,7H2,1H3. The third-order valence-electron chi connectivity index (χ3n) is 2.75. The van der Waals surface area contributed by atoms with E-state index in [2.05, 4.69) is 0 Å². The van der Waals surface area contributed by atoms with E-state index in [0.29, 0.717) is 17.9 Å². The van der Waals surface area contributed by atoms with Crippen LogP contribution in [-0.4, -0.2) is 23.8 Å². The Kier molecular flexibility index (Phi) is 3.64. The fourth-order valence-corrected chi connectivity index (χ4v) is 1.84. The van der Waals surface area contributed by atoms with Crippen molar-refractivity contribution in [3.63, 3.8) is 0 Å². The number of hydrogen-bond donors (Lipinski definition) is 1. The van der Waals surface area contributed by atoms with Gasteiger partial charge in [-0.15, -0.1) is 0 Å². The first-order valence-corrected chi connectivity index (χ1v) is 5.79. The Balaban J connectivity index is 2.06. The number of aromatic hydroxyl groups is 1. The maximum Gasteiger partial charge on any atom is 0.199 e. The van der Waals surface area contributed by atoms with Gasteiger partial charge < -0.3 is 14.6 Å². The average molecular weight is 236 g/mol. The predicted molar refractivity (Wildman–Crippen MR) is 62.3 cm³/mol. The Morgan fingerprint density at radius 2 is 2.29 bits per heavy atom. The molecule has 0 bridgehead atoms. The van der Waals surface area contributed by atoms with Crippen molar-refractivity contribution in [2.75, 3.05) is 6.61 Å². The Labute approximate surface area is 100 Å². The van der Waals surface area contributed by atoms with Gasteiger partial charge in [-0.25, -0.2) is 0 Å². The molecule has 1 aromatic rings. The largest absolute Gasteiger partial charge is 0.507 e. The first-order chi connectivity index (χ1) is 8.16. The molecule has 17 heavy (non-hydrogen) atoms. The van der Waals surface area contributed by atoms with E-state index < -0.39 is 0 Å². The lowest BCUT2D eigenvalue weighted by Crippen LogP contribution is -2.24. The minimum Gasteiger partial charge on any atom is -0.507 e. The number of ether oxygens (including phenoxy) is 2. The summed E-state index contributed by atoms with van der Waals surface area (Å²) >= 11 is 0. The molecule has 0 radical (unpaired) electrons. The molecule has 1 atom stereocenters. The lowest BCUT2D eigenvalue weighted by molar-refractivity contribution is -0.105. The highest BCUT2D eigenvalue weighted by atomic mass is 16.7. The average Bonchev–Trinajstić information content (AvgIpc) is 2.30. The van der Waals surface area contributed by atoms with Crippen molar-refractivity contribution in [2.45, 2.75) is 32.5 Å². The van der Waals surface area contributed by atoms with Gasteiger partial charge in [0.1, 0.15) is 11.5 Å². The molecule has 1 aliphatic rings. The topological polar surface area (TPSA) is 55.8 Å². The summed E-state index contributed by atoms with van der Waals surface area (Å²) in [5.74, 6) is 0.313. The van der Waals surface area contributed by atoms with Crippen LogP contribution in [0.5, 0.6) is 11.5 Å². The molecule has 0 spiro atoms. The van der Waals surface area contributed by atoms with Crippen molar-refractivity contribution in [1.82, 2.24) is 0 Å². The molecule has 1 aliphatic heterocycles. The van der Waals surface area contributed by atoms with Crippen LogP contribution in [0.3, 0.4) is 0 Å². The van der Waals surface area contributed by atoms with Gasteiger partial charge >= 0.3 is 0 Å². The van der Waals surface area contributed by atoms with Gasteiger partial charge in [-0.05, 0) is 31.9 Å². The molecular weight excluding hydrogens is 220 g/mol. The minimum absolute atomic E-state index is 0.0502. The molecular formula is C13H16O4. The molecule has 0 aliphatic carbocycles. The zero-order valence-electron chi connectivity index (χ0n) is 9.81. The summed E-state index contributed by atoms with van der Waals surface area (Å²) in [5.41, 5.74) is 0.307. The van der Waals surface area contributed by atoms with Gasteiger partial charge in [0, 0.05) is 12.5 Å². The highest BCUT2D eigenvalue weighted by molar-refractivity contribution is 5.96. The van der Waals surface area contributed by atoms with Crippen LogP contribution in [0.15, 0.2) is 18.2 Å². The molecule has 92 valence electrons. The van der Waals surface area contributed by atoms with Crippen molar-refractivity contribution in [1.29, 1.82) is 0 Å². The molecule has 1 fully saturated rings. The molecule has 1 saturated heterocycles. The molecule has 4 nitrogen and oxygen atoms in total. The third-order valence-corrected chi connectivity index (χ3v) is 2.75. The number of ketones is 1. The lowest BCUT2D eigenvalue weighted by atomic mass is 10.1. The van der Waals surface area contributed by atoms with Crippen LogP contribution in [0.1, 0.15) is 36.5 Å². The fraction of sp³-hybridized carbons (Fsp3) is 0.462. The number of phenols is 1. The van der Waals surface area contributed by atoms with E-state index in [1.165, 1.54) is 13.0 Å². The number of carbonyl (C=O) groups is 1. The van der Waals surface area contributed by atoms with Crippen molar-refractivity contribution < 1.29 is 19.4 Å². The van der Waals surface area contributed by atoms with Crippen LogP contribution in [0.2, 0.25) is 0 Å². The van der Waals surface area contributed by atoms with E-state index in [0.717, 1.165) is 19.3 Å². The summed E-state index contributed by atoms with van der Waals surface area (Å²) in [6.45, 7) is 2.13. The molecule has 1 unspecified atom stereocenters. The van der Waals surface area contributed by atoms with E-state index in [1.54, 1.807) is 12.1 Å². The molecule has 2 rings (SSSR count). The van der Waals surface area contributed by atoms with Crippen molar-refractivity contribution in [3.8, 4) is 11.5 Å². The van der Waals surface area contributed by atoms with E-state index in [1.807, 2.05) is 0 Å². The number of carbonyl (C=O) groups excluding carboxylic acids is 1. The zero-order chi connectivity index (χ0) is 12.3. The second kappa shape index (κ2) is 5.19. The van der Waals surface area contributed by atoms with Gasteiger partial charge in [0.2, 0.25) is 0 Å². The summed E-state index contributed by atoms with van der Waals surface area (Å²) in [7, 11) is 0. The smallest absolute Gasteiger partial charge is 0.199 e. The SMILES string of the molecule is CC(=O)c1ccc(OC2CCCCO2)cc1O. The summed E-state index contributed by atoms with van der Waals surface area (Å²) in [6.07, 6.45) is 2.76. The minimum atomic E-state index is -0.244. The highest BCUT2D eigenvalue weighted by Crippen LogP contribution is 2.26. The number of hydrogen-bond acceptors (Lipinski definition) is 4. The summed E-state index contributed by atoms with van der Waals surface area (Å²) in [5, 5.41) is 9.65. The van der Waals surface area contributed by atoms with E-state index in [-0.39, 0.29) is 17.8 Å². The first-order valence-electron chi connectivity index (χ1n) is 5.79. The number of Topliss-reactive ketones (excluding diaryl/α,β-unsaturated/α-hetero) is 1. The van der Waals surface area contributed by atoms with E-state index in [4.69, 9.17) is 9.47 Å². The zero-order valence-corrected chi connectivity index (χ0v) is 9.81. The predicted octanol–water partition coefficient (Wildman–Crippen LogP) is 2.50. The third kappa shape index (κ3) is 2.97. The normalized spacial score (nSPS) is 19.9. The second-order valence-corrected chi connectivity index (χ2v) is 4.15. The molecule has 1 aromatic carbocycles. The van der Waals surface area contributed by atoms with Crippen molar-refractivity contribution in [3.05, 3.63) is 23.8 Å². The van der Waals surface area contributed by atoms with Crippen molar-refractivity contribution in [2.24, 2.45) is 0 Å². The Morgan fingerprint density at radius 1 is 1.47 bits per heavy atom. The van der Waals surface area contributed by atoms with Crippen molar-refractivity contribution >= 4 is 5.78 Å². The van der Waals surface area contributed by atoms with Crippen LogP contribution in [0.25, 0.3) is 0 Å². The summed E-state index contributed by atoms with van der Waals surface area (Å²) in [4.78, 5) is 11.1. The van der Waals surface area contributed by atoms with Crippen LogP contribution < -0.4 is 4.74 Å². The van der Waals surface area contributed by atoms with E-state index >= 15 is 0 Å². The fourth-order valence-electron chi connectivity index (χ4n) is 1.84. The second-order valence-electron chi connectivity index (χ2n) is 4.15. The highest BCUT2D eigenvalue weighted by Gasteiger charge is 2.16. The van der Waals surface area contributed by atoms with Gasteiger partial charge in [-0.3, -0.25) is 4.79 Å². The summed E-state index contributed by atoms with van der Waals surface area (Å²) < 4.78 is 11.0. The van der Waals surface area contributed by atoms with Crippen LogP contribution in [-0.2, 0) is 4.74 Å². The molecule has 1 heterocycles. The van der Waals surface area contributed by atoms with Gasteiger partial charge in [-0.2, -0.15) is 0 Å². The molecule has 4 heteroatoms. The first kappa shape index (κ1) is 11.9. The van der Waals surface area contributed by atoms with E-state index in [9.17, 15) is 9.90 Å². The van der Waals surface area contributed by atoms with Crippen LogP contribution >= 0.6 is 0 Å². The summed E-state index contributed by atoms with van der Waals surface area (Å²) in [6, 6.07) is 4.69. The Morgan fingerprint density at radius 3 is 2.88 bits per heavy atom. The van der Waals surface area contributed by atoms with Crippen LogP contribution in [0, 0.1) is 0 Å². The Bertz CT molecular complexity index is 408. The maximum atomic E-state index is 11.1. The Hall–Kier alpha value is -1.55. The number of rotatable bonds is 3. The van der Waals surface area contributed by atoms with Gasteiger partial charge in [-0.1, -0.05) is 0 Å². The van der Waals surface area contributed by atoms with Gasteiger partial charge in [0.25, 0.3) is 0 Å². The molecule has 0 aromatic heterocycles. The lowest BCUT2D eigenvalue weighted by Gasteiger charge is -2.23. The van der Waals surface area contributed by atoms with Gasteiger partial charge in [0.05, 0.1) is 12.2 Å². The molecule has 0 saturated carbocycles. The van der Waals surface area contributed by atoms with Gasteiger partial charge in [0.15, 0.2) is 12.1 Å². The molecule has 0 amide bonds. The number of benzene rings is 1. The quantitative estimate of drug-likeness (QED) is 0.819. The maximum absolute atomic E-state index is 11.1. The molecule has 1 N–H and O–H groups in total. The van der Waals surface area contributed by atoms with Crippen LogP contribution in [0.4, 0.5) is 0 Å². The number of phenolic OH excluding ortho intramolecular Hbond substituents is 1. The monoisotopic (exact) mass is 236 g/mol.